The van der Waals surface area contributed by atoms with Crippen molar-refractivity contribution < 1.29 is 19.1 Å². The number of hydrogen-bond acceptors (Lipinski definition) is 4. The smallest absolute Gasteiger partial charge is 0.309 e. The maximum atomic E-state index is 13.1. The lowest BCUT2D eigenvalue weighted by atomic mass is 9.62. The van der Waals surface area contributed by atoms with Gasteiger partial charge in [0.25, 0.3) is 0 Å². The number of rotatable bonds is 7. The van der Waals surface area contributed by atoms with Gasteiger partial charge in [0.05, 0.1) is 18.9 Å². The summed E-state index contributed by atoms with van der Waals surface area (Å²) < 4.78 is 11.6. The van der Waals surface area contributed by atoms with E-state index in [1.165, 1.54) is 70.6 Å². The summed E-state index contributed by atoms with van der Waals surface area (Å²) in [5.41, 5.74) is 0.156. The van der Waals surface area contributed by atoms with Crippen molar-refractivity contribution in [1.29, 1.82) is 0 Å². The minimum atomic E-state index is -0.107. The molecule has 0 amide bonds. The summed E-state index contributed by atoms with van der Waals surface area (Å²) in [6, 6.07) is 0. The van der Waals surface area contributed by atoms with Gasteiger partial charge in [-0.2, -0.15) is 0 Å². The van der Waals surface area contributed by atoms with Crippen LogP contribution in [0, 0.1) is 82.3 Å². The molecule has 8 fully saturated rings. The van der Waals surface area contributed by atoms with Gasteiger partial charge in [0, 0.05) is 5.41 Å². The molecule has 1 aliphatic heterocycles. The summed E-state index contributed by atoms with van der Waals surface area (Å²) in [6.07, 6.45) is 19.8. The molecular weight excluding hydrogens is 532 g/mol. The average Bonchev–Trinajstić information content (AvgIpc) is 3.86. The number of ether oxygens (including phenoxy) is 2. The Morgan fingerprint density at radius 3 is 1.95 bits per heavy atom. The first-order valence-corrected chi connectivity index (χ1v) is 19.2. The van der Waals surface area contributed by atoms with E-state index in [4.69, 9.17) is 9.47 Å². The first-order chi connectivity index (χ1) is 20.8. The average molecular weight is 595 g/mol. The van der Waals surface area contributed by atoms with Crippen LogP contribution < -0.4 is 0 Å². The molecule has 0 radical (unpaired) electrons. The molecule has 7 aliphatic carbocycles. The SMILES string of the molecule is CCC1CC(CC)C2C1C1CC2C2(COC(=O)C2)C1.CCC1CC(CC)C2C3CC(CC3C(=O)OC3(CC)CCCC3)C12. The van der Waals surface area contributed by atoms with Crippen molar-refractivity contribution in [2.24, 2.45) is 82.3 Å². The van der Waals surface area contributed by atoms with E-state index in [2.05, 4.69) is 34.6 Å². The van der Waals surface area contributed by atoms with Gasteiger partial charge >= 0.3 is 11.9 Å². The monoisotopic (exact) mass is 594 g/mol. The molecule has 4 heteroatoms. The van der Waals surface area contributed by atoms with Crippen molar-refractivity contribution in [3.05, 3.63) is 0 Å². The zero-order chi connectivity index (χ0) is 30.1. The maximum absolute atomic E-state index is 13.1. The lowest BCUT2D eigenvalue weighted by Gasteiger charge is -2.41. The van der Waals surface area contributed by atoms with Gasteiger partial charge in [-0.25, -0.2) is 0 Å². The Morgan fingerprint density at radius 1 is 0.767 bits per heavy atom. The third kappa shape index (κ3) is 4.78. The first kappa shape index (κ1) is 30.6. The third-order valence-electron chi connectivity index (χ3n) is 15.9. The first-order valence-electron chi connectivity index (χ1n) is 19.2. The van der Waals surface area contributed by atoms with E-state index in [0.717, 1.165) is 104 Å². The van der Waals surface area contributed by atoms with E-state index < -0.39 is 0 Å². The number of esters is 2. The fourth-order valence-electron chi connectivity index (χ4n) is 14.2. The van der Waals surface area contributed by atoms with Crippen molar-refractivity contribution in [1.82, 2.24) is 0 Å². The third-order valence-corrected chi connectivity index (χ3v) is 15.9. The summed E-state index contributed by atoms with van der Waals surface area (Å²) in [7, 11) is 0. The van der Waals surface area contributed by atoms with Crippen LogP contribution in [-0.2, 0) is 19.1 Å². The second-order valence-corrected chi connectivity index (χ2v) is 17.1. The molecule has 0 aromatic heterocycles. The maximum Gasteiger partial charge on any atom is 0.309 e. The molecule has 0 aromatic rings. The Balaban J connectivity index is 0.000000143. The molecule has 8 rings (SSSR count). The predicted octanol–water partition coefficient (Wildman–Crippen LogP) is 9.24. The fourth-order valence-corrected chi connectivity index (χ4v) is 14.2. The molecule has 1 saturated heterocycles. The highest BCUT2D eigenvalue weighted by Crippen LogP contribution is 2.71. The van der Waals surface area contributed by atoms with Crippen LogP contribution in [0.5, 0.6) is 0 Å². The van der Waals surface area contributed by atoms with Crippen LogP contribution in [-0.4, -0.2) is 24.1 Å². The van der Waals surface area contributed by atoms with Gasteiger partial charge in [-0.15, -0.1) is 0 Å². The van der Waals surface area contributed by atoms with Gasteiger partial charge in [0.15, 0.2) is 0 Å². The molecule has 7 saturated carbocycles. The molecule has 242 valence electrons. The lowest BCUT2D eigenvalue weighted by Crippen LogP contribution is -2.39. The number of fused-ring (bicyclic) bond motifs is 11. The van der Waals surface area contributed by atoms with Crippen molar-refractivity contribution in [3.63, 3.8) is 0 Å². The largest absolute Gasteiger partial charge is 0.465 e. The Morgan fingerprint density at radius 2 is 1.37 bits per heavy atom. The molecule has 0 N–H and O–H groups in total. The molecule has 14 atom stereocenters. The highest BCUT2D eigenvalue weighted by molar-refractivity contribution is 5.74. The van der Waals surface area contributed by atoms with Crippen LogP contribution in [0.25, 0.3) is 0 Å². The van der Waals surface area contributed by atoms with E-state index in [0.29, 0.717) is 5.92 Å². The Labute approximate surface area is 262 Å². The molecule has 4 bridgehead atoms. The molecular formula is C39H62O4. The van der Waals surface area contributed by atoms with Gasteiger partial charge in [-0.1, -0.05) is 60.3 Å². The van der Waals surface area contributed by atoms with Gasteiger partial charge < -0.3 is 9.47 Å². The van der Waals surface area contributed by atoms with E-state index in [1.807, 2.05) is 0 Å². The summed E-state index contributed by atoms with van der Waals surface area (Å²) in [4.78, 5) is 24.7. The van der Waals surface area contributed by atoms with Gasteiger partial charge in [-0.3, -0.25) is 9.59 Å². The quantitative estimate of drug-likeness (QED) is 0.276. The van der Waals surface area contributed by atoms with E-state index in [-0.39, 0.29) is 28.9 Å². The number of hydrogen-bond donors (Lipinski definition) is 0. The van der Waals surface area contributed by atoms with Crippen LogP contribution in [0.4, 0.5) is 0 Å². The number of cyclic esters (lactones) is 1. The van der Waals surface area contributed by atoms with Crippen LogP contribution in [0.1, 0.15) is 137 Å². The Kier molecular flexibility index (Phi) is 8.27. The van der Waals surface area contributed by atoms with Crippen molar-refractivity contribution in [3.8, 4) is 0 Å². The van der Waals surface area contributed by atoms with Crippen LogP contribution in [0.15, 0.2) is 0 Å². The normalized spacial score (nSPS) is 49.7. The summed E-state index contributed by atoms with van der Waals surface area (Å²) in [5, 5.41) is 0. The Hall–Kier alpha value is -1.06. The zero-order valence-corrected chi connectivity index (χ0v) is 28.2. The summed E-state index contributed by atoms with van der Waals surface area (Å²) in [5.74, 6) is 11.0. The molecule has 8 aliphatic rings. The zero-order valence-electron chi connectivity index (χ0n) is 28.2. The number of carbonyl (C=O) groups is 2. The van der Waals surface area contributed by atoms with Crippen molar-refractivity contribution >= 4 is 11.9 Å². The summed E-state index contributed by atoms with van der Waals surface area (Å²) >= 11 is 0. The van der Waals surface area contributed by atoms with Crippen molar-refractivity contribution in [2.45, 2.75) is 143 Å². The van der Waals surface area contributed by atoms with Gasteiger partial charge in [-0.05, 0) is 142 Å². The fraction of sp³-hybridized carbons (Fsp3) is 0.949. The van der Waals surface area contributed by atoms with Crippen LogP contribution in [0.2, 0.25) is 0 Å². The van der Waals surface area contributed by atoms with E-state index >= 15 is 0 Å². The standard InChI is InChI=1S/C22H36O2.C17H26O2/c1-4-14-11-15(5-2)20-17-12-16(19(14)20)13-18(17)21(23)24-22(6-3)9-7-8-10-22;1-3-10-5-11(4-2)16-13-6-12(15(10)16)7-17(13)8-14(18)19-9-17/h14-20H,4-13H2,1-3H3;10-13,15-16H,3-9H2,1-2H3. The van der Waals surface area contributed by atoms with Gasteiger partial charge in [0.1, 0.15) is 5.60 Å². The predicted molar refractivity (Wildman–Crippen MR) is 170 cm³/mol. The molecule has 0 aromatic carbocycles. The minimum Gasteiger partial charge on any atom is -0.465 e. The van der Waals surface area contributed by atoms with E-state index in [9.17, 15) is 9.59 Å². The van der Waals surface area contributed by atoms with E-state index in [1.54, 1.807) is 0 Å². The van der Waals surface area contributed by atoms with Gasteiger partial charge in [0.2, 0.25) is 0 Å². The minimum absolute atomic E-state index is 0.0715. The summed E-state index contributed by atoms with van der Waals surface area (Å²) in [6.45, 7) is 12.4. The lowest BCUT2D eigenvalue weighted by molar-refractivity contribution is -0.168. The molecule has 1 spiro atoms. The molecule has 14 unspecified atom stereocenters. The van der Waals surface area contributed by atoms with Crippen LogP contribution >= 0.6 is 0 Å². The molecule has 1 heterocycles. The molecule has 43 heavy (non-hydrogen) atoms. The highest BCUT2D eigenvalue weighted by atomic mass is 16.6. The Bertz CT molecular complexity index is 1050. The second-order valence-electron chi connectivity index (χ2n) is 17.1. The molecule has 4 nitrogen and oxygen atoms in total. The topological polar surface area (TPSA) is 52.6 Å². The highest BCUT2D eigenvalue weighted by Gasteiger charge is 2.67. The van der Waals surface area contributed by atoms with Crippen molar-refractivity contribution in [2.75, 3.05) is 6.61 Å². The second kappa shape index (κ2) is 11.6. The number of carbonyl (C=O) groups excluding carboxylic acids is 2. The van der Waals surface area contributed by atoms with Crippen LogP contribution in [0.3, 0.4) is 0 Å².